The summed E-state index contributed by atoms with van der Waals surface area (Å²) >= 11 is 1.36. The molecule has 0 bridgehead atoms. The Hall–Kier alpha value is -1.40. The number of rotatable bonds is 3. The van der Waals surface area contributed by atoms with Gasteiger partial charge in [0.1, 0.15) is 4.88 Å². The fourth-order valence-corrected chi connectivity index (χ4v) is 2.41. The number of thiophene rings is 1. The summed E-state index contributed by atoms with van der Waals surface area (Å²) in [6, 6.07) is 3.56. The van der Waals surface area contributed by atoms with Gasteiger partial charge in [-0.15, -0.1) is 11.3 Å². The van der Waals surface area contributed by atoms with Gasteiger partial charge in [0.15, 0.2) is 6.61 Å². The van der Waals surface area contributed by atoms with Crippen molar-refractivity contribution < 1.29 is 19.1 Å². The number of hydrogen-bond donors (Lipinski definition) is 0. The van der Waals surface area contributed by atoms with Crippen LogP contribution in [0.25, 0.3) is 0 Å². The van der Waals surface area contributed by atoms with Crippen molar-refractivity contribution >= 4 is 23.2 Å². The normalized spacial score (nSPS) is 15.5. The average Bonchev–Trinajstić information content (AvgIpc) is 2.83. The highest BCUT2D eigenvalue weighted by molar-refractivity contribution is 7.13. The zero-order valence-electron chi connectivity index (χ0n) is 10.2. The lowest BCUT2D eigenvalue weighted by molar-refractivity contribution is -0.138. The molecule has 98 valence electrons. The van der Waals surface area contributed by atoms with E-state index in [-0.39, 0.29) is 12.5 Å². The Bertz CT molecular complexity index is 437. The minimum atomic E-state index is -0.435. The number of carbonyl (C=O) groups excluding carboxylic acids is 2. The topological polar surface area (TPSA) is 55.8 Å². The highest BCUT2D eigenvalue weighted by Gasteiger charge is 2.19. The van der Waals surface area contributed by atoms with E-state index in [1.165, 1.54) is 11.3 Å². The Morgan fingerprint density at radius 2 is 2.11 bits per heavy atom. The molecule has 1 aliphatic rings. The highest BCUT2D eigenvalue weighted by atomic mass is 32.1. The second-order valence-electron chi connectivity index (χ2n) is 3.98. The lowest BCUT2D eigenvalue weighted by Crippen LogP contribution is -2.42. The van der Waals surface area contributed by atoms with Crippen LogP contribution in [0.15, 0.2) is 12.1 Å². The molecule has 6 heteroatoms. The van der Waals surface area contributed by atoms with Crippen molar-refractivity contribution in [1.29, 1.82) is 0 Å². The molecular weight excluding hydrogens is 254 g/mol. The van der Waals surface area contributed by atoms with Crippen molar-refractivity contribution in [3.63, 3.8) is 0 Å². The van der Waals surface area contributed by atoms with Crippen LogP contribution in [0.5, 0.6) is 0 Å². The largest absolute Gasteiger partial charge is 0.451 e. The molecule has 1 aliphatic heterocycles. The maximum Gasteiger partial charge on any atom is 0.348 e. The van der Waals surface area contributed by atoms with E-state index in [0.717, 1.165) is 4.88 Å². The van der Waals surface area contributed by atoms with Gasteiger partial charge >= 0.3 is 5.97 Å². The molecule has 0 aliphatic carbocycles. The van der Waals surface area contributed by atoms with E-state index < -0.39 is 5.97 Å². The minimum absolute atomic E-state index is 0.167. The first kappa shape index (κ1) is 13.0. The van der Waals surface area contributed by atoms with Crippen LogP contribution in [0.2, 0.25) is 0 Å². The van der Waals surface area contributed by atoms with Gasteiger partial charge < -0.3 is 14.4 Å². The highest BCUT2D eigenvalue weighted by Crippen LogP contribution is 2.15. The average molecular weight is 269 g/mol. The first-order valence-electron chi connectivity index (χ1n) is 5.76. The zero-order valence-corrected chi connectivity index (χ0v) is 11.0. The predicted molar refractivity (Wildman–Crippen MR) is 66.7 cm³/mol. The molecular formula is C12H15NO4S. The smallest absolute Gasteiger partial charge is 0.348 e. The summed E-state index contributed by atoms with van der Waals surface area (Å²) < 4.78 is 10.1. The molecule has 0 aromatic carbocycles. The van der Waals surface area contributed by atoms with Crippen LogP contribution in [0.4, 0.5) is 0 Å². The standard InChI is InChI=1S/C12H15NO4S/c1-9-2-3-10(18-9)12(15)17-8-11(14)13-4-6-16-7-5-13/h2-3H,4-8H2,1H3. The first-order valence-corrected chi connectivity index (χ1v) is 6.57. The molecule has 0 unspecified atom stereocenters. The third-order valence-corrected chi connectivity index (χ3v) is 3.61. The molecule has 1 aromatic heterocycles. The lowest BCUT2D eigenvalue weighted by Gasteiger charge is -2.26. The van der Waals surface area contributed by atoms with Crippen LogP contribution in [0.1, 0.15) is 14.5 Å². The van der Waals surface area contributed by atoms with E-state index in [1.54, 1.807) is 11.0 Å². The molecule has 0 atom stereocenters. The van der Waals surface area contributed by atoms with Crippen molar-refractivity contribution in [2.24, 2.45) is 0 Å². The van der Waals surface area contributed by atoms with E-state index in [2.05, 4.69) is 0 Å². The van der Waals surface area contributed by atoms with Crippen molar-refractivity contribution in [2.45, 2.75) is 6.92 Å². The summed E-state index contributed by atoms with van der Waals surface area (Å²) in [6.45, 7) is 3.94. The molecule has 1 saturated heterocycles. The van der Waals surface area contributed by atoms with E-state index in [1.807, 2.05) is 13.0 Å². The number of amides is 1. The van der Waals surface area contributed by atoms with Crippen LogP contribution in [0, 0.1) is 6.92 Å². The minimum Gasteiger partial charge on any atom is -0.451 e. The molecule has 0 N–H and O–H groups in total. The van der Waals surface area contributed by atoms with E-state index in [9.17, 15) is 9.59 Å². The fraction of sp³-hybridized carbons (Fsp3) is 0.500. The molecule has 2 heterocycles. The van der Waals surface area contributed by atoms with E-state index in [0.29, 0.717) is 31.2 Å². The van der Waals surface area contributed by atoms with Crippen LogP contribution in [-0.4, -0.2) is 49.7 Å². The summed E-state index contributed by atoms with van der Waals surface area (Å²) in [5, 5.41) is 0. The molecule has 0 spiro atoms. The lowest BCUT2D eigenvalue weighted by atomic mass is 10.4. The monoisotopic (exact) mass is 269 g/mol. The second-order valence-corrected chi connectivity index (χ2v) is 5.27. The van der Waals surface area contributed by atoms with Gasteiger partial charge in [0.05, 0.1) is 13.2 Å². The number of esters is 1. The molecule has 0 saturated carbocycles. The summed E-state index contributed by atoms with van der Waals surface area (Å²) in [4.78, 5) is 26.6. The molecule has 1 aromatic rings. The number of aryl methyl sites for hydroxylation is 1. The number of morpholine rings is 1. The maximum absolute atomic E-state index is 11.7. The molecule has 2 rings (SSSR count). The van der Waals surface area contributed by atoms with Gasteiger partial charge in [-0.2, -0.15) is 0 Å². The van der Waals surface area contributed by atoms with Gasteiger partial charge in [0.2, 0.25) is 0 Å². The van der Waals surface area contributed by atoms with Gasteiger partial charge in [-0.1, -0.05) is 0 Å². The number of carbonyl (C=O) groups is 2. The van der Waals surface area contributed by atoms with Crippen LogP contribution >= 0.6 is 11.3 Å². The third kappa shape index (κ3) is 3.30. The molecule has 5 nitrogen and oxygen atoms in total. The van der Waals surface area contributed by atoms with Crippen molar-refractivity contribution in [1.82, 2.24) is 4.90 Å². The summed E-state index contributed by atoms with van der Waals surface area (Å²) in [5.74, 6) is -0.602. The van der Waals surface area contributed by atoms with Crippen LogP contribution in [0.3, 0.4) is 0 Å². The predicted octanol–water partition coefficient (Wildman–Crippen LogP) is 1.07. The van der Waals surface area contributed by atoms with Gasteiger partial charge in [-0.25, -0.2) is 4.79 Å². The Morgan fingerprint density at radius 3 is 2.72 bits per heavy atom. The summed E-state index contributed by atoms with van der Waals surface area (Å²) in [7, 11) is 0. The quantitative estimate of drug-likeness (QED) is 0.770. The number of nitrogens with zero attached hydrogens (tertiary/aromatic N) is 1. The third-order valence-electron chi connectivity index (χ3n) is 2.63. The van der Waals surface area contributed by atoms with Crippen molar-refractivity contribution in [3.8, 4) is 0 Å². The number of ether oxygens (including phenoxy) is 2. The van der Waals surface area contributed by atoms with Crippen molar-refractivity contribution in [2.75, 3.05) is 32.9 Å². The van der Waals surface area contributed by atoms with Gasteiger partial charge in [0.25, 0.3) is 5.91 Å². The van der Waals surface area contributed by atoms with E-state index in [4.69, 9.17) is 9.47 Å². The summed E-state index contributed by atoms with van der Waals surface area (Å²) in [5.41, 5.74) is 0. The molecule has 0 radical (unpaired) electrons. The Labute approximate surface area is 109 Å². The zero-order chi connectivity index (χ0) is 13.0. The molecule has 1 fully saturated rings. The van der Waals surface area contributed by atoms with Crippen LogP contribution in [-0.2, 0) is 14.3 Å². The van der Waals surface area contributed by atoms with Gasteiger partial charge in [-0.3, -0.25) is 4.79 Å². The summed E-state index contributed by atoms with van der Waals surface area (Å²) in [6.07, 6.45) is 0. The maximum atomic E-state index is 11.7. The second kappa shape index (κ2) is 5.97. The van der Waals surface area contributed by atoms with E-state index >= 15 is 0 Å². The Balaban J connectivity index is 1.80. The molecule has 1 amide bonds. The first-order chi connectivity index (χ1) is 8.66. The van der Waals surface area contributed by atoms with Crippen LogP contribution < -0.4 is 0 Å². The fourth-order valence-electron chi connectivity index (χ4n) is 1.65. The number of hydrogen-bond acceptors (Lipinski definition) is 5. The SMILES string of the molecule is Cc1ccc(C(=O)OCC(=O)N2CCOCC2)s1. The Kier molecular flexibility index (Phi) is 4.33. The molecule has 18 heavy (non-hydrogen) atoms. The Morgan fingerprint density at radius 1 is 1.39 bits per heavy atom. The van der Waals surface area contributed by atoms with Crippen molar-refractivity contribution in [3.05, 3.63) is 21.9 Å². The van der Waals surface area contributed by atoms with Gasteiger partial charge in [0, 0.05) is 18.0 Å². The van der Waals surface area contributed by atoms with Gasteiger partial charge in [-0.05, 0) is 19.1 Å².